The molecule has 0 saturated carbocycles. The molecular formula is C28H23FN8O. The van der Waals surface area contributed by atoms with Crippen LogP contribution in [0.2, 0.25) is 0 Å². The predicted molar refractivity (Wildman–Crippen MR) is 143 cm³/mol. The van der Waals surface area contributed by atoms with E-state index in [0.29, 0.717) is 62.6 Å². The number of aromatic amines is 2. The fraction of sp³-hybridized carbons (Fsp3) is 0.143. The molecule has 0 fully saturated rings. The van der Waals surface area contributed by atoms with Gasteiger partial charge in [0.25, 0.3) is 0 Å². The summed E-state index contributed by atoms with van der Waals surface area (Å²) in [6.45, 7) is 3.94. The van der Waals surface area contributed by atoms with Crippen molar-refractivity contribution in [2.24, 2.45) is 5.92 Å². The summed E-state index contributed by atoms with van der Waals surface area (Å²) in [6, 6.07) is 12.5. The minimum atomic E-state index is -0.470. The molecular weight excluding hydrogens is 483 g/mol. The first kappa shape index (κ1) is 23.4. The van der Waals surface area contributed by atoms with Crippen LogP contribution >= 0.6 is 0 Å². The number of nitrogens with zero attached hydrogens (tertiary/aromatic N) is 5. The van der Waals surface area contributed by atoms with Gasteiger partial charge in [0.05, 0.1) is 34.0 Å². The van der Waals surface area contributed by atoms with Gasteiger partial charge in [0.2, 0.25) is 5.91 Å². The maximum atomic E-state index is 16.1. The molecule has 10 heteroatoms. The van der Waals surface area contributed by atoms with Crippen molar-refractivity contribution >= 4 is 33.5 Å². The summed E-state index contributed by atoms with van der Waals surface area (Å²) in [7, 11) is 0. The number of anilines is 1. The van der Waals surface area contributed by atoms with Gasteiger partial charge >= 0.3 is 0 Å². The summed E-state index contributed by atoms with van der Waals surface area (Å²) in [5.74, 6) is 0.0403. The van der Waals surface area contributed by atoms with Crippen LogP contribution in [-0.2, 0) is 4.79 Å². The second-order valence-corrected chi connectivity index (χ2v) is 9.39. The van der Waals surface area contributed by atoms with E-state index >= 15 is 4.39 Å². The zero-order chi connectivity index (χ0) is 26.2. The zero-order valence-corrected chi connectivity index (χ0v) is 20.7. The molecule has 0 bridgehead atoms. The van der Waals surface area contributed by atoms with Crippen molar-refractivity contribution in [2.45, 2.75) is 20.3 Å². The van der Waals surface area contributed by atoms with Gasteiger partial charge in [-0.25, -0.2) is 9.37 Å². The topological polar surface area (TPSA) is 125 Å². The maximum Gasteiger partial charge on any atom is 0.224 e. The highest BCUT2D eigenvalue weighted by atomic mass is 19.1. The fourth-order valence-corrected chi connectivity index (χ4v) is 4.44. The minimum absolute atomic E-state index is 0.114. The Morgan fingerprint density at radius 1 is 1.03 bits per heavy atom. The van der Waals surface area contributed by atoms with Crippen LogP contribution in [-0.4, -0.2) is 41.0 Å². The molecule has 5 aromatic heterocycles. The van der Waals surface area contributed by atoms with Crippen LogP contribution in [0.25, 0.3) is 56.0 Å². The van der Waals surface area contributed by atoms with Gasteiger partial charge < -0.3 is 10.3 Å². The number of amides is 1. The molecule has 0 spiro atoms. The van der Waals surface area contributed by atoms with E-state index < -0.39 is 5.82 Å². The number of benzene rings is 1. The van der Waals surface area contributed by atoms with Crippen molar-refractivity contribution in [3.05, 3.63) is 73.1 Å². The van der Waals surface area contributed by atoms with Crippen molar-refractivity contribution in [1.82, 2.24) is 35.1 Å². The highest BCUT2D eigenvalue weighted by Crippen LogP contribution is 2.35. The number of carbonyl (C=O) groups is 1. The second-order valence-electron chi connectivity index (χ2n) is 9.39. The third-order valence-corrected chi connectivity index (χ3v) is 6.13. The molecule has 0 aliphatic rings. The molecule has 38 heavy (non-hydrogen) atoms. The summed E-state index contributed by atoms with van der Waals surface area (Å²) < 4.78 is 16.1. The monoisotopic (exact) mass is 506 g/mol. The molecule has 5 heterocycles. The fourth-order valence-electron chi connectivity index (χ4n) is 4.44. The van der Waals surface area contributed by atoms with Gasteiger partial charge in [-0.05, 0) is 42.3 Å². The van der Waals surface area contributed by atoms with Gasteiger partial charge in [0.1, 0.15) is 22.7 Å². The Hall–Kier alpha value is -4.99. The number of H-pyrrole nitrogens is 2. The van der Waals surface area contributed by atoms with Gasteiger partial charge in [-0.15, -0.1) is 0 Å². The Morgan fingerprint density at radius 2 is 1.92 bits per heavy atom. The number of hydrogen-bond acceptors (Lipinski definition) is 6. The van der Waals surface area contributed by atoms with Gasteiger partial charge in [-0.1, -0.05) is 19.9 Å². The Bertz CT molecular complexity index is 1790. The lowest BCUT2D eigenvalue weighted by molar-refractivity contribution is -0.116. The standard InChI is InChI=1S/C28H23FN8O/c1-15(2)11-22(38)33-17-12-16(13-30-14-17)18-6-7-19-23(24(18)29)27(37-36-19)28-34-21-8-10-32-25(26(21)35-28)20-5-3-4-9-31-20/h3-10,12-15H,11H2,1-2H3,(H,33,38)(H,34,35)(H,36,37). The average molecular weight is 507 g/mol. The number of imidazole rings is 1. The van der Waals surface area contributed by atoms with Crippen molar-refractivity contribution in [2.75, 3.05) is 5.32 Å². The number of aromatic nitrogens is 7. The third-order valence-electron chi connectivity index (χ3n) is 6.13. The summed E-state index contributed by atoms with van der Waals surface area (Å²) in [5, 5.41) is 10.4. The molecule has 6 rings (SSSR count). The van der Waals surface area contributed by atoms with Crippen LogP contribution in [0.1, 0.15) is 20.3 Å². The number of hydrogen-bond donors (Lipinski definition) is 3. The largest absolute Gasteiger partial charge is 0.336 e. The van der Waals surface area contributed by atoms with E-state index in [9.17, 15) is 4.79 Å². The number of carbonyl (C=O) groups excluding carboxylic acids is 1. The third kappa shape index (κ3) is 4.26. The van der Waals surface area contributed by atoms with E-state index in [0.717, 1.165) is 5.52 Å². The smallest absolute Gasteiger partial charge is 0.224 e. The summed E-state index contributed by atoms with van der Waals surface area (Å²) >= 11 is 0. The molecule has 0 radical (unpaired) electrons. The SMILES string of the molecule is CC(C)CC(=O)Nc1cncc(-c2ccc3[nH]nc(-c4nc5c(-c6ccccn6)nccc5[nH]4)c3c2F)c1. The van der Waals surface area contributed by atoms with E-state index in [1.807, 2.05) is 32.0 Å². The normalized spacial score (nSPS) is 11.5. The van der Waals surface area contributed by atoms with Gasteiger partial charge in [0, 0.05) is 36.1 Å². The van der Waals surface area contributed by atoms with Crippen molar-refractivity contribution in [3.8, 4) is 34.0 Å². The molecule has 1 amide bonds. The highest BCUT2D eigenvalue weighted by Gasteiger charge is 2.21. The van der Waals surface area contributed by atoms with Gasteiger partial charge in [-0.3, -0.25) is 24.8 Å². The predicted octanol–water partition coefficient (Wildman–Crippen LogP) is 5.75. The van der Waals surface area contributed by atoms with Gasteiger partial charge in [0.15, 0.2) is 5.82 Å². The number of nitrogens with one attached hydrogen (secondary N) is 3. The molecule has 9 nitrogen and oxygen atoms in total. The minimum Gasteiger partial charge on any atom is -0.336 e. The molecule has 0 aliphatic heterocycles. The summed E-state index contributed by atoms with van der Waals surface area (Å²) in [6.07, 6.45) is 6.87. The van der Waals surface area contributed by atoms with Crippen LogP contribution in [0.4, 0.5) is 10.1 Å². The number of fused-ring (bicyclic) bond motifs is 2. The molecule has 6 aromatic rings. The Kier molecular flexibility index (Phi) is 5.83. The lowest BCUT2D eigenvalue weighted by atomic mass is 10.0. The van der Waals surface area contributed by atoms with E-state index in [4.69, 9.17) is 4.98 Å². The first-order valence-electron chi connectivity index (χ1n) is 12.2. The average Bonchev–Trinajstić information content (AvgIpc) is 3.54. The summed E-state index contributed by atoms with van der Waals surface area (Å²) in [4.78, 5) is 33.3. The number of halogens is 1. The highest BCUT2D eigenvalue weighted by molar-refractivity contribution is 5.98. The molecule has 0 aliphatic carbocycles. The van der Waals surface area contributed by atoms with Crippen molar-refractivity contribution in [1.29, 1.82) is 0 Å². The Balaban J connectivity index is 1.42. The van der Waals surface area contributed by atoms with Crippen LogP contribution in [0.3, 0.4) is 0 Å². The second kappa shape index (κ2) is 9.47. The van der Waals surface area contributed by atoms with E-state index in [2.05, 4.69) is 35.5 Å². The maximum absolute atomic E-state index is 16.1. The quantitative estimate of drug-likeness (QED) is 0.264. The molecule has 3 N–H and O–H groups in total. The molecule has 0 saturated heterocycles. The Morgan fingerprint density at radius 3 is 2.74 bits per heavy atom. The van der Waals surface area contributed by atoms with E-state index in [1.165, 1.54) is 0 Å². The van der Waals surface area contributed by atoms with E-state index in [1.54, 1.807) is 49.1 Å². The number of rotatable bonds is 6. The van der Waals surface area contributed by atoms with Crippen LogP contribution in [0.15, 0.2) is 67.3 Å². The van der Waals surface area contributed by atoms with Gasteiger partial charge in [-0.2, -0.15) is 5.10 Å². The van der Waals surface area contributed by atoms with Crippen LogP contribution in [0, 0.1) is 11.7 Å². The summed E-state index contributed by atoms with van der Waals surface area (Å²) in [5.41, 5.74) is 4.89. The zero-order valence-electron chi connectivity index (χ0n) is 20.7. The molecule has 0 atom stereocenters. The van der Waals surface area contributed by atoms with E-state index in [-0.39, 0.29) is 11.8 Å². The lowest BCUT2D eigenvalue weighted by Gasteiger charge is -2.09. The molecule has 0 unspecified atom stereocenters. The number of pyridine rings is 3. The van der Waals surface area contributed by atoms with Crippen molar-refractivity contribution in [3.63, 3.8) is 0 Å². The van der Waals surface area contributed by atoms with Crippen LogP contribution < -0.4 is 5.32 Å². The first-order chi connectivity index (χ1) is 18.5. The molecule has 1 aromatic carbocycles. The van der Waals surface area contributed by atoms with Crippen LogP contribution in [0.5, 0.6) is 0 Å². The molecule has 188 valence electrons. The lowest BCUT2D eigenvalue weighted by Crippen LogP contribution is -2.14. The first-order valence-corrected chi connectivity index (χ1v) is 12.2. The Labute approximate surface area is 216 Å². The van der Waals surface area contributed by atoms with Crippen molar-refractivity contribution < 1.29 is 9.18 Å².